The van der Waals surface area contributed by atoms with E-state index in [0.29, 0.717) is 0 Å². The van der Waals surface area contributed by atoms with Crippen molar-refractivity contribution in [2.75, 3.05) is 19.6 Å². The van der Waals surface area contributed by atoms with Gasteiger partial charge in [-0.05, 0) is 25.9 Å². The Morgan fingerprint density at radius 1 is 1.20 bits per heavy atom. The summed E-state index contributed by atoms with van der Waals surface area (Å²) in [4.78, 5) is 2.59. The van der Waals surface area contributed by atoms with Crippen molar-refractivity contribution >= 4 is 0 Å². The van der Waals surface area contributed by atoms with Gasteiger partial charge >= 0.3 is 0 Å². The molecule has 1 aromatic rings. The summed E-state index contributed by atoms with van der Waals surface area (Å²) in [5.74, 6) is 1.34. The van der Waals surface area contributed by atoms with Crippen LogP contribution < -0.4 is 4.57 Å². The molecule has 1 aromatic heterocycles. The number of hydrogen-bond donors (Lipinski definition) is 0. The minimum atomic E-state index is 1.13. The van der Waals surface area contributed by atoms with Crippen LogP contribution in [-0.4, -0.2) is 29.1 Å². The third-order valence-electron chi connectivity index (χ3n) is 3.50. The molecule has 0 bridgehead atoms. The zero-order valence-electron chi connectivity index (χ0n) is 9.95. The fraction of sp³-hybridized carbons (Fsp3) is 0.750. The normalized spacial score (nSPS) is 18.3. The molecule has 0 spiro atoms. The topological polar surface area (TPSA) is 12.1 Å². The minimum absolute atomic E-state index is 1.13. The molecule has 1 fully saturated rings. The third kappa shape index (κ3) is 2.59. The van der Waals surface area contributed by atoms with E-state index in [1.807, 2.05) is 0 Å². The monoisotopic (exact) mass is 208 g/mol. The molecule has 1 aliphatic rings. The van der Waals surface area contributed by atoms with Crippen LogP contribution in [0.3, 0.4) is 0 Å². The molecule has 0 amide bonds. The van der Waals surface area contributed by atoms with Gasteiger partial charge in [0.25, 0.3) is 5.82 Å². The predicted octanol–water partition coefficient (Wildman–Crippen LogP) is 1.11. The fourth-order valence-corrected chi connectivity index (χ4v) is 2.27. The molecule has 1 aliphatic heterocycles. The van der Waals surface area contributed by atoms with Gasteiger partial charge in [-0.1, -0.05) is 6.42 Å². The highest BCUT2D eigenvalue weighted by Gasteiger charge is 2.13. The van der Waals surface area contributed by atoms with Crippen molar-refractivity contribution in [3.63, 3.8) is 0 Å². The summed E-state index contributed by atoms with van der Waals surface area (Å²) in [7, 11) is 2.10. The number of aromatic nitrogens is 2. The Kier molecular flexibility index (Phi) is 3.41. The first-order valence-electron chi connectivity index (χ1n) is 6.01. The Labute approximate surface area is 92.3 Å². The number of piperidine rings is 1. The summed E-state index contributed by atoms with van der Waals surface area (Å²) >= 11 is 0. The molecule has 0 atom stereocenters. The van der Waals surface area contributed by atoms with Crippen LogP contribution in [0, 0.1) is 6.92 Å². The molecule has 0 aliphatic carbocycles. The Morgan fingerprint density at radius 3 is 2.53 bits per heavy atom. The quantitative estimate of drug-likeness (QED) is 0.678. The summed E-state index contributed by atoms with van der Waals surface area (Å²) in [6, 6.07) is 0. The van der Waals surface area contributed by atoms with Gasteiger partial charge in [0.2, 0.25) is 0 Å². The lowest BCUT2D eigenvalue weighted by Crippen LogP contribution is -2.34. The van der Waals surface area contributed by atoms with Crippen LogP contribution in [0.5, 0.6) is 0 Å². The van der Waals surface area contributed by atoms with Crippen molar-refractivity contribution in [3.8, 4) is 0 Å². The van der Waals surface area contributed by atoms with Crippen LogP contribution in [0.1, 0.15) is 25.1 Å². The van der Waals surface area contributed by atoms with Crippen LogP contribution >= 0.6 is 0 Å². The van der Waals surface area contributed by atoms with Crippen molar-refractivity contribution in [2.24, 2.45) is 7.05 Å². The van der Waals surface area contributed by atoms with Crippen molar-refractivity contribution in [1.82, 2.24) is 9.47 Å². The molecular weight excluding hydrogens is 186 g/mol. The summed E-state index contributed by atoms with van der Waals surface area (Å²) in [5, 5.41) is 0. The molecule has 2 heterocycles. The van der Waals surface area contributed by atoms with E-state index in [2.05, 4.69) is 40.4 Å². The van der Waals surface area contributed by atoms with Gasteiger partial charge in [0.1, 0.15) is 18.9 Å². The van der Waals surface area contributed by atoms with Crippen LogP contribution in [0.4, 0.5) is 0 Å². The first-order chi connectivity index (χ1) is 7.27. The highest BCUT2D eigenvalue weighted by Crippen LogP contribution is 2.08. The number of likely N-dealkylation sites (tertiary alicyclic amines) is 1. The molecule has 0 radical (unpaired) electrons. The first-order valence-corrected chi connectivity index (χ1v) is 6.01. The number of rotatable bonds is 3. The van der Waals surface area contributed by atoms with E-state index in [0.717, 1.165) is 6.54 Å². The predicted molar refractivity (Wildman–Crippen MR) is 60.6 cm³/mol. The molecule has 1 saturated heterocycles. The molecule has 3 heteroatoms. The number of imidazole rings is 1. The molecule has 0 unspecified atom stereocenters. The zero-order chi connectivity index (χ0) is 10.7. The summed E-state index contributed by atoms with van der Waals surface area (Å²) in [6.45, 7) is 7.11. The second-order valence-corrected chi connectivity index (χ2v) is 4.55. The molecule has 2 rings (SSSR count). The SMILES string of the molecule is Cc1n(CCN2CCCCC2)cc[n+]1C. The average molecular weight is 208 g/mol. The van der Waals surface area contributed by atoms with Crippen LogP contribution in [0.2, 0.25) is 0 Å². The molecule has 0 saturated carbocycles. The Morgan fingerprint density at radius 2 is 1.93 bits per heavy atom. The average Bonchev–Trinajstić information content (AvgIpc) is 2.59. The number of nitrogens with zero attached hydrogens (tertiary/aromatic N) is 3. The second-order valence-electron chi connectivity index (χ2n) is 4.55. The number of aryl methyl sites for hydroxylation is 1. The Bertz CT molecular complexity index is 311. The van der Waals surface area contributed by atoms with Crippen LogP contribution in [0.25, 0.3) is 0 Å². The summed E-state index contributed by atoms with van der Waals surface area (Å²) in [5.41, 5.74) is 0. The molecule has 15 heavy (non-hydrogen) atoms. The van der Waals surface area contributed by atoms with E-state index in [9.17, 15) is 0 Å². The van der Waals surface area contributed by atoms with E-state index in [4.69, 9.17) is 0 Å². The van der Waals surface area contributed by atoms with Gasteiger partial charge in [-0.2, -0.15) is 0 Å². The molecule has 3 nitrogen and oxygen atoms in total. The van der Waals surface area contributed by atoms with Gasteiger partial charge in [0.15, 0.2) is 0 Å². The standard InChI is InChI=1S/C12H22N3/c1-12-13(2)8-10-15(12)11-9-14-6-4-3-5-7-14/h8,10H,3-7,9,11H2,1-2H3/q+1. The molecule has 0 N–H and O–H groups in total. The molecular formula is C12H22N3+. The van der Waals surface area contributed by atoms with Gasteiger partial charge in [0.05, 0.1) is 7.05 Å². The second kappa shape index (κ2) is 4.79. The maximum absolute atomic E-state index is 2.59. The van der Waals surface area contributed by atoms with Crippen molar-refractivity contribution in [3.05, 3.63) is 18.2 Å². The fourth-order valence-electron chi connectivity index (χ4n) is 2.27. The summed E-state index contributed by atoms with van der Waals surface area (Å²) < 4.78 is 4.52. The van der Waals surface area contributed by atoms with E-state index in [-0.39, 0.29) is 0 Å². The van der Waals surface area contributed by atoms with Gasteiger partial charge < -0.3 is 0 Å². The van der Waals surface area contributed by atoms with Gasteiger partial charge in [-0.25, -0.2) is 9.13 Å². The lowest BCUT2D eigenvalue weighted by Gasteiger charge is -2.25. The Hall–Kier alpha value is -0.830. The lowest BCUT2D eigenvalue weighted by atomic mass is 10.1. The van der Waals surface area contributed by atoms with Crippen molar-refractivity contribution in [1.29, 1.82) is 0 Å². The number of hydrogen-bond acceptors (Lipinski definition) is 1. The largest absolute Gasteiger partial charge is 0.299 e. The minimum Gasteiger partial charge on any atom is -0.299 e. The lowest BCUT2D eigenvalue weighted by molar-refractivity contribution is -0.677. The van der Waals surface area contributed by atoms with E-state index in [1.165, 1.54) is 44.7 Å². The highest BCUT2D eigenvalue weighted by molar-refractivity contribution is 4.80. The van der Waals surface area contributed by atoms with Crippen LogP contribution in [0.15, 0.2) is 12.4 Å². The van der Waals surface area contributed by atoms with E-state index >= 15 is 0 Å². The smallest absolute Gasteiger partial charge is 0.253 e. The molecule has 84 valence electrons. The zero-order valence-corrected chi connectivity index (χ0v) is 9.95. The Balaban J connectivity index is 1.84. The maximum atomic E-state index is 2.59. The van der Waals surface area contributed by atoms with Crippen LogP contribution in [-0.2, 0) is 13.6 Å². The third-order valence-corrected chi connectivity index (χ3v) is 3.50. The first kappa shape index (κ1) is 10.7. The van der Waals surface area contributed by atoms with E-state index in [1.54, 1.807) is 0 Å². The maximum Gasteiger partial charge on any atom is 0.253 e. The van der Waals surface area contributed by atoms with Gasteiger partial charge in [-0.3, -0.25) is 4.90 Å². The van der Waals surface area contributed by atoms with Crippen molar-refractivity contribution in [2.45, 2.75) is 32.7 Å². The van der Waals surface area contributed by atoms with Gasteiger partial charge in [-0.15, -0.1) is 0 Å². The van der Waals surface area contributed by atoms with E-state index < -0.39 is 0 Å². The van der Waals surface area contributed by atoms with Crippen molar-refractivity contribution < 1.29 is 4.57 Å². The van der Waals surface area contributed by atoms with Gasteiger partial charge in [0, 0.05) is 13.5 Å². The summed E-state index contributed by atoms with van der Waals surface area (Å²) in [6.07, 6.45) is 8.51. The molecule has 0 aromatic carbocycles. The highest BCUT2D eigenvalue weighted by atomic mass is 15.2.